The van der Waals surface area contributed by atoms with Gasteiger partial charge in [0.25, 0.3) is 5.69 Å². The minimum Gasteiger partial charge on any atom is -0.393 e. The number of nitrogen functional groups attached to an aromatic ring is 1. The van der Waals surface area contributed by atoms with Gasteiger partial charge in [-0.1, -0.05) is 0 Å². The molecule has 0 atom stereocenters. The second kappa shape index (κ2) is 4.49. The Morgan fingerprint density at radius 1 is 1.50 bits per heavy atom. The standard InChI is InChI=1S/C11H14N2O3/c12-10-5-9(3-4-11(10)13(14)15)7-16-6-8-1-2-8/h3-5,8H,1-2,6-7,12H2. The van der Waals surface area contributed by atoms with Gasteiger partial charge < -0.3 is 10.5 Å². The van der Waals surface area contributed by atoms with E-state index in [1.807, 2.05) is 0 Å². The first-order chi connectivity index (χ1) is 7.66. The van der Waals surface area contributed by atoms with Crippen LogP contribution in [0.2, 0.25) is 0 Å². The van der Waals surface area contributed by atoms with Gasteiger partial charge in [0, 0.05) is 12.7 Å². The Bertz CT molecular complexity index is 402. The van der Waals surface area contributed by atoms with E-state index < -0.39 is 4.92 Å². The van der Waals surface area contributed by atoms with E-state index in [4.69, 9.17) is 10.5 Å². The summed E-state index contributed by atoms with van der Waals surface area (Å²) in [5.74, 6) is 0.718. The molecule has 0 unspecified atom stereocenters. The lowest BCUT2D eigenvalue weighted by molar-refractivity contribution is -0.383. The lowest BCUT2D eigenvalue weighted by atomic mass is 10.2. The van der Waals surface area contributed by atoms with E-state index in [0.717, 1.165) is 18.1 Å². The van der Waals surface area contributed by atoms with Gasteiger partial charge in [0.15, 0.2) is 0 Å². The number of nitro groups is 1. The normalized spacial score (nSPS) is 15.0. The Kier molecular flexibility index (Phi) is 3.05. The number of nitrogens with zero attached hydrogens (tertiary/aromatic N) is 1. The number of ether oxygens (including phenoxy) is 1. The molecule has 0 saturated heterocycles. The van der Waals surface area contributed by atoms with Gasteiger partial charge >= 0.3 is 0 Å². The Balaban J connectivity index is 1.93. The third kappa shape index (κ3) is 2.70. The van der Waals surface area contributed by atoms with Gasteiger partial charge in [0.05, 0.1) is 11.5 Å². The van der Waals surface area contributed by atoms with Crippen LogP contribution in [0.5, 0.6) is 0 Å². The van der Waals surface area contributed by atoms with Crippen molar-refractivity contribution in [1.82, 2.24) is 0 Å². The van der Waals surface area contributed by atoms with Crippen molar-refractivity contribution in [2.45, 2.75) is 19.4 Å². The van der Waals surface area contributed by atoms with Crippen molar-refractivity contribution in [2.24, 2.45) is 5.92 Å². The Morgan fingerprint density at radius 3 is 2.81 bits per heavy atom. The summed E-state index contributed by atoms with van der Waals surface area (Å²) in [6, 6.07) is 4.71. The van der Waals surface area contributed by atoms with Crippen molar-refractivity contribution in [3.63, 3.8) is 0 Å². The first kappa shape index (κ1) is 10.9. The highest BCUT2D eigenvalue weighted by Crippen LogP contribution is 2.29. The fourth-order valence-corrected chi connectivity index (χ4v) is 1.49. The van der Waals surface area contributed by atoms with Gasteiger partial charge in [-0.05, 0) is 36.5 Å². The smallest absolute Gasteiger partial charge is 0.292 e. The summed E-state index contributed by atoms with van der Waals surface area (Å²) in [5.41, 5.74) is 6.59. The number of nitrogens with two attached hydrogens (primary N) is 1. The van der Waals surface area contributed by atoms with Crippen molar-refractivity contribution >= 4 is 11.4 Å². The minimum atomic E-state index is -0.482. The van der Waals surface area contributed by atoms with E-state index in [1.54, 1.807) is 12.1 Å². The van der Waals surface area contributed by atoms with Crippen LogP contribution in [0, 0.1) is 16.0 Å². The summed E-state index contributed by atoms with van der Waals surface area (Å²) in [5, 5.41) is 10.5. The van der Waals surface area contributed by atoms with Crippen molar-refractivity contribution in [3.05, 3.63) is 33.9 Å². The molecule has 1 fully saturated rings. The summed E-state index contributed by atoms with van der Waals surface area (Å²) in [4.78, 5) is 10.1. The molecule has 2 N–H and O–H groups in total. The molecule has 86 valence electrons. The summed E-state index contributed by atoms with van der Waals surface area (Å²) in [6.07, 6.45) is 2.50. The molecule has 0 aromatic heterocycles. The maximum absolute atomic E-state index is 10.5. The van der Waals surface area contributed by atoms with Crippen LogP contribution in [0.1, 0.15) is 18.4 Å². The number of rotatable bonds is 5. The lowest BCUT2D eigenvalue weighted by Crippen LogP contribution is -2.00. The van der Waals surface area contributed by atoms with Crippen molar-refractivity contribution in [2.75, 3.05) is 12.3 Å². The molecule has 16 heavy (non-hydrogen) atoms. The zero-order valence-corrected chi connectivity index (χ0v) is 8.89. The van der Waals surface area contributed by atoms with E-state index in [1.165, 1.54) is 18.9 Å². The van der Waals surface area contributed by atoms with Crippen LogP contribution in [-0.2, 0) is 11.3 Å². The van der Waals surface area contributed by atoms with Crippen LogP contribution in [0.3, 0.4) is 0 Å². The van der Waals surface area contributed by atoms with Gasteiger partial charge in [-0.2, -0.15) is 0 Å². The quantitative estimate of drug-likeness (QED) is 0.470. The molecule has 0 radical (unpaired) electrons. The molecule has 1 aliphatic rings. The monoisotopic (exact) mass is 222 g/mol. The Hall–Kier alpha value is -1.62. The third-order valence-electron chi connectivity index (χ3n) is 2.61. The molecule has 1 saturated carbocycles. The molecule has 0 heterocycles. The Labute approximate surface area is 93.4 Å². The number of anilines is 1. The van der Waals surface area contributed by atoms with Crippen LogP contribution in [0.4, 0.5) is 11.4 Å². The van der Waals surface area contributed by atoms with Crippen LogP contribution in [-0.4, -0.2) is 11.5 Å². The molecule has 1 aromatic carbocycles. The largest absolute Gasteiger partial charge is 0.393 e. The summed E-state index contributed by atoms with van der Waals surface area (Å²) in [6.45, 7) is 1.25. The maximum atomic E-state index is 10.5. The molecular weight excluding hydrogens is 208 g/mol. The van der Waals surface area contributed by atoms with Crippen molar-refractivity contribution < 1.29 is 9.66 Å². The topological polar surface area (TPSA) is 78.4 Å². The van der Waals surface area contributed by atoms with E-state index in [0.29, 0.717) is 6.61 Å². The second-order valence-electron chi connectivity index (χ2n) is 4.11. The fraction of sp³-hybridized carbons (Fsp3) is 0.455. The van der Waals surface area contributed by atoms with Crippen molar-refractivity contribution in [1.29, 1.82) is 0 Å². The summed E-state index contributed by atoms with van der Waals surface area (Å²) < 4.78 is 5.47. The zero-order chi connectivity index (χ0) is 11.5. The number of nitro benzene ring substituents is 1. The molecule has 0 aliphatic heterocycles. The van der Waals surface area contributed by atoms with Crippen LogP contribution < -0.4 is 5.73 Å². The molecule has 0 bridgehead atoms. The van der Waals surface area contributed by atoms with E-state index >= 15 is 0 Å². The minimum absolute atomic E-state index is 0.0501. The zero-order valence-electron chi connectivity index (χ0n) is 8.89. The van der Waals surface area contributed by atoms with E-state index in [9.17, 15) is 10.1 Å². The molecule has 1 aromatic rings. The summed E-state index contributed by atoms with van der Waals surface area (Å²) in [7, 11) is 0. The third-order valence-corrected chi connectivity index (χ3v) is 2.61. The van der Waals surface area contributed by atoms with Gasteiger partial charge in [0.2, 0.25) is 0 Å². The molecule has 0 spiro atoms. The highest BCUT2D eigenvalue weighted by atomic mass is 16.6. The average molecular weight is 222 g/mol. The molecular formula is C11H14N2O3. The molecule has 1 aliphatic carbocycles. The molecule has 2 rings (SSSR count). The molecule has 5 heteroatoms. The van der Waals surface area contributed by atoms with Gasteiger partial charge in [-0.25, -0.2) is 0 Å². The number of hydrogen-bond acceptors (Lipinski definition) is 4. The van der Waals surface area contributed by atoms with Crippen LogP contribution in [0.15, 0.2) is 18.2 Å². The van der Waals surface area contributed by atoms with Gasteiger partial charge in [-0.3, -0.25) is 10.1 Å². The molecule has 0 amide bonds. The first-order valence-corrected chi connectivity index (χ1v) is 5.27. The van der Waals surface area contributed by atoms with Gasteiger partial charge in [0.1, 0.15) is 5.69 Å². The fourth-order valence-electron chi connectivity index (χ4n) is 1.49. The van der Waals surface area contributed by atoms with E-state index in [2.05, 4.69) is 0 Å². The number of hydrogen-bond donors (Lipinski definition) is 1. The second-order valence-corrected chi connectivity index (χ2v) is 4.11. The average Bonchev–Trinajstić information content (AvgIpc) is 3.01. The lowest BCUT2D eigenvalue weighted by Gasteiger charge is -2.04. The first-order valence-electron chi connectivity index (χ1n) is 5.27. The van der Waals surface area contributed by atoms with Crippen molar-refractivity contribution in [3.8, 4) is 0 Å². The highest BCUT2D eigenvalue weighted by molar-refractivity contribution is 5.59. The SMILES string of the molecule is Nc1cc(COCC2CC2)ccc1[N+](=O)[O-]. The summed E-state index contributed by atoms with van der Waals surface area (Å²) >= 11 is 0. The number of benzene rings is 1. The maximum Gasteiger partial charge on any atom is 0.292 e. The highest BCUT2D eigenvalue weighted by Gasteiger charge is 2.21. The predicted octanol–water partition coefficient (Wildman–Crippen LogP) is 2.10. The Morgan fingerprint density at radius 2 is 2.25 bits per heavy atom. The van der Waals surface area contributed by atoms with Crippen LogP contribution >= 0.6 is 0 Å². The van der Waals surface area contributed by atoms with Crippen LogP contribution in [0.25, 0.3) is 0 Å². The predicted molar refractivity (Wildman–Crippen MR) is 59.9 cm³/mol. The van der Waals surface area contributed by atoms with Gasteiger partial charge in [-0.15, -0.1) is 0 Å². The molecule has 5 nitrogen and oxygen atoms in total. The van der Waals surface area contributed by atoms with E-state index in [-0.39, 0.29) is 11.4 Å².